The minimum atomic E-state index is 1.07. The van der Waals surface area contributed by atoms with Crippen LogP contribution >= 0.6 is 0 Å². The highest BCUT2D eigenvalue weighted by Gasteiger charge is 1.98. The van der Waals surface area contributed by atoms with Gasteiger partial charge in [0.25, 0.3) is 0 Å². The predicted octanol–water partition coefficient (Wildman–Crippen LogP) is 4.29. The van der Waals surface area contributed by atoms with E-state index >= 15 is 0 Å². The van der Waals surface area contributed by atoms with Crippen molar-refractivity contribution in [3.05, 3.63) is 11.6 Å². The van der Waals surface area contributed by atoms with Crippen molar-refractivity contribution >= 4 is 6.21 Å². The first kappa shape index (κ1) is 12.3. The third-order valence-corrected chi connectivity index (χ3v) is 3.05. The zero-order valence-corrected chi connectivity index (χ0v) is 9.62. The van der Waals surface area contributed by atoms with Gasteiger partial charge in [0.2, 0.25) is 0 Å². The zero-order chi connectivity index (χ0) is 10.8. The summed E-state index contributed by atoms with van der Waals surface area (Å²) in [6.07, 6.45) is 16.8. The van der Waals surface area contributed by atoms with Crippen LogP contribution in [0, 0.1) is 0 Å². The van der Waals surface area contributed by atoms with Crippen molar-refractivity contribution < 1.29 is 5.21 Å². The fourth-order valence-corrected chi connectivity index (χ4v) is 2.12. The van der Waals surface area contributed by atoms with Gasteiger partial charge in [0.1, 0.15) is 0 Å². The van der Waals surface area contributed by atoms with Crippen LogP contribution < -0.4 is 0 Å². The monoisotopic (exact) mass is 209 g/mol. The fraction of sp³-hybridized carbons (Fsp3) is 0.769. The van der Waals surface area contributed by atoms with Gasteiger partial charge in [-0.15, -0.1) is 0 Å². The number of hydrogen-bond acceptors (Lipinski definition) is 2. The summed E-state index contributed by atoms with van der Waals surface area (Å²) in [6, 6.07) is 0. The van der Waals surface area contributed by atoms with Crippen molar-refractivity contribution in [1.82, 2.24) is 0 Å². The standard InChI is InChI=1S/C13H23NO/c15-14-12-13-10-8-6-4-2-1-3-5-7-9-11-13/h10,12,15H,1-9,11H2/b13-10+,14-12+. The van der Waals surface area contributed by atoms with Crippen LogP contribution in [0.4, 0.5) is 0 Å². The molecule has 0 saturated heterocycles. The molecule has 1 rings (SSSR count). The molecule has 1 aliphatic carbocycles. The van der Waals surface area contributed by atoms with Crippen LogP contribution in [0.2, 0.25) is 0 Å². The summed E-state index contributed by atoms with van der Waals surface area (Å²) in [4.78, 5) is 0. The van der Waals surface area contributed by atoms with Gasteiger partial charge in [0.15, 0.2) is 0 Å². The summed E-state index contributed by atoms with van der Waals surface area (Å²) < 4.78 is 0. The lowest BCUT2D eigenvalue weighted by Crippen LogP contribution is -1.90. The van der Waals surface area contributed by atoms with Gasteiger partial charge < -0.3 is 5.21 Å². The number of nitrogens with zero attached hydrogens (tertiary/aromatic N) is 1. The van der Waals surface area contributed by atoms with E-state index in [0.717, 1.165) is 12.8 Å². The van der Waals surface area contributed by atoms with Crippen molar-refractivity contribution in [1.29, 1.82) is 0 Å². The van der Waals surface area contributed by atoms with Gasteiger partial charge in [0.05, 0.1) is 6.21 Å². The minimum Gasteiger partial charge on any atom is -0.411 e. The van der Waals surface area contributed by atoms with E-state index < -0.39 is 0 Å². The Balaban J connectivity index is 2.38. The third-order valence-electron chi connectivity index (χ3n) is 3.05. The second-order valence-corrected chi connectivity index (χ2v) is 4.39. The van der Waals surface area contributed by atoms with Crippen LogP contribution in [0.3, 0.4) is 0 Å². The number of hydrogen-bond donors (Lipinski definition) is 1. The lowest BCUT2D eigenvalue weighted by Gasteiger charge is -2.05. The molecule has 15 heavy (non-hydrogen) atoms. The summed E-state index contributed by atoms with van der Waals surface area (Å²) in [7, 11) is 0. The average molecular weight is 209 g/mol. The minimum absolute atomic E-state index is 1.07. The van der Waals surface area contributed by atoms with E-state index in [2.05, 4.69) is 11.2 Å². The normalized spacial score (nSPS) is 25.2. The van der Waals surface area contributed by atoms with Crippen LogP contribution in [-0.4, -0.2) is 11.4 Å². The molecule has 0 amide bonds. The maximum absolute atomic E-state index is 8.54. The molecule has 1 aliphatic rings. The Morgan fingerprint density at radius 1 is 0.933 bits per heavy atom. The highest BCUT2D eigenvalue weighted by atomic mass is 16.4. The van der Waals surface area contributed by atoms with Gasteiger partial charge >= 0.3 is 0 Å². The molecule has 0 aromatic heterocycles. The molecular formula is C13H23NO. The number of rotatable bonds is 1. The highest BCUT2D eigenvalue weighted by molar-refractivity contribution is 5.77. The topological polar surface area (TPSA) is 32.6 Å². The van der Waals surface area contributed by atoms with E-state index in [0.29, 0.717) is 0 Å². The molecule has 0 heterocycles. The fourth-order valence-electron chi connectivity index (χ4n) is 2.12. The summed E-state index contributed by atoms with van der Waals surface area (Å²) in [5.41, 5.74) is 1.21. The van der Waals surface area contributed by atoms with E-state index in [-0.39, 0.29) is 0 Å². The second kappa shape index (κ2) is 8.51. The van der Waals surface area contributed by atoms with Crippen molar-refractivity contribution in [2.24, 2.45) is 5.16 Å². The Kier molecular flexibility index (Phi) is 6.97. The van der Waals surface area contributed by atoms with E-state index in [1.54, 1.807) is 6.21 Å². The van der Waals surface area contributed by atoms with E-state index in [1.165, 1.54) is 56.9 Å². The molecule has 0 aromatic carbocycles. The van der Waals surface area contributed by atoms with E-state index in [1.807, 2.05) is 0 Å². The van der Waals surface area contributed by atoms with Gasteiger partial charge in [-0.1, -0.05) is 49.8 Å². The maximum atomic E-state index is 8.54. The van der Waals surface area contributed by atoms with Crippen LogP contribution in [0.5, 0.6) is 0 Å². The zero-order valence-electron chi connectivity index (χ0n) is 9.62. The average Bonchev–Trinajstić information content (AvgIpc) is 2.22. The molecule has 0 fully saturated rings. The smallest absolute Gasteiger partial charge is 0.0690 e. The van der Waals surface area contributed by atoms with Crippen molar-refractivity contribution in [3.8, 4) is 0 Å². The summed E-state index contributed by atoms with van der Waals surface area (Å²) >= 11 is 0. The summed E-state index contributed by atoms with van der Waals surface area (Å²) in [5.74, 6) is 0. The quantitative estimate of drug-likeness (QED) is 0.390. The van der Waals surface area contributed by atoms with Gasteiger partial charge in [-0.05, 0) is 31.3 Å². The van der Waals surface area contributed by atoms with Crippen molar-refractivity contribution in [2.75, 3.05) is 0 Å². The molecule has 2 heteroatoms. The Morgan fingerprint density at radius 3 is 2.20 bits per heavy atom. The molecule has 0 saturated carbocycles. The lowest BCUT2D eigenvalue weighted by molar-refractivity contribution is 0.321. The molecule has 0 atom stereocenters. The Bertz CT molecular complexity index is 209. The predicted molar refractivity (Wildman–Crippen MR) is 64.5 cm³/mol. The van der Waals surface area contributed by atoms with Crippen molar-refractivity contribution in [3.63, 3.8) is 0 Å². The number of allylic oxidation sites excluding steroid dienone is 2. The van der Waals surface area contributed by atoms with Gasteiger partial charge in [0, 0.05) is 0 Å². The van der Waals surface area contributed by atoms with Crippen LogP contribution in [0.25, 0.3) is 0 Å². The molecular weight excluding hydrogens is 186 g/mol. The van der Waals surface area contributed by atoms with E-state index in [4.69, 9.17) is 5.21 Å². The first-order valence-electron chi connectivity index (χ1n) is 6.30. The molecule has 2 nitrogen and oxygen atoms in total. The molecule has 1 N–H and O–H groups in total. The summed E-state index contributed by atoms with van der Waals surface area (Å²) in [5, 5.41) is 11.7. The second-order valence-electron chi connectivity index (χ2n) is 4.39. The van der Waals surface area contributed by atoms with Crippen LogP contribution in [0.1, 0.15) is 64.2 Å². The third kappa shape index (κ3) is 6.32. The molecule has 86 valence electrons. The molecule has 0 unspecified atom stereocenters. The maximum Gasteiger partial charge on any atom is 0.0690 e. The van der Waals surface area contributed by atoms with Gasteiger partial charge in [-0.25, -0.2) is 0 Å². The van der Waals surface area contributed by atoms with Crippen LogP contribution in [0.15, 0.2) is 16.8 Å². The molecule has 0 bridgehead atoms. The molecule has 0 radical (unpaired) electrons. The van der Waals surface area contributed by atoms with Gasteiger partial charge in [-0.3, -0.25) is 0 Å². The van der Waals surface area contributed by atoms with Crippen LogP contribution in [-0.2, 0) is 0 Å². The Labute approximate surface area is 93.1 Å². The molecule has 0 aromatic rings. The molecule has 0 spiro atoms. The SMILES string of the molecule is O/N=C/C1=C/CCCCCCCCCC1. The highest BCUT2D eigenvalue weighted by Crippen LogP contribution is 2.15. The first-order chi connectivity index (χ1) is 7.43. The lowest BCUT2D eigenvalue weighted by atomic mass is 10.0. The van der Waals surface area contributed by atoms with Crippen molar-refractivity contribution in [2.45, 2.75) is 64.2 Å². The Morgan fingerprint density at radius 2 is 1.53 bits per heavy atom. The largest absolute Gasteiger partial charge is 0.411 e. The van der Waals surface area contributed by atoms with Gasteiger partial charge in [-0.2, -0.15) is 0 Å². The Hall–Kier alpha value is -0.790. The summed E-state index contributed by atoms with van der Waals surface area (Å²) in [6.45, 7) is 0. The van der Waals surface area contributed by atoms with E-state index in [9.17, 15) is 0 Å². The molecule has 0 aliphatic heterocycles. The first-order valence-corrected chi connectivity index (χ1v) is 6.30. The number of oxime groups is 1.